The summed E-state index contributed by atoms with van der Waals surface area (Å²) in [4.78, 5) is 3.99. The molecule has 0 saturated carbocycles. The number of halogens is 2. The van der Waals surface area contributed by atoms with Gasteiger partial charge in [-0.05, 0) is 31.2 Å². The van der Waals surface area contributed by atoms with Crippen LogP contribution in [-0.2, 0) is 10.0 Å². The van der Waals surface area contributed by atoms with Crippen LogP contribution < -0.4 is 4.72 Å². The minimum atomic E-state index is -3.81. The third-order valence-electron chi connectivity index (χ3n) is 2.33. The monoisotopic (exact) mass is 316 g/mol. The number of benzene rings is 1. The van der Waals surface area contributed by atoms with Crippen molar-refractivity contribution < 1.29 is 8.42 Å². The molecular formula is C12H10Cl2N2O2S. The van der Waals surface area contributed by atoms with E-state index in [2.05, 4.69) is 9.71 Å². The molecule has 2 rings (SSSR count). The van der Waals surface area contributed by atoms with E-state index in [0.717, 1.165) is 0 Å². The van der Waals surface area contributed by atoms with E-state index in [0.29, 0.717) is 5.69 Å². The fraction of sp³-hybridized carbons (Fsp3) is 0.0833. The lowest BCUT2D eigenvalue weighted by atomic mass is 10.4. The van der Waals surface area contributed by atoms with E-state index in [1.54, 1.807) is 25.1 Å². The van der Waals surface area contributed by atoms with Gasteiger partial charge in [-0.25, -0.2) is 13.4 Å². The molecule has 0 atom stereocenters. The van der Waals surface area contributed by atoms with Crippen LogP contribution in [0, 0.1) is 6.92 Å². The zero-order valence-electron chi connectivity index (χ0n) is 9.89. The maximum absolute atomic E-state index is 12.2. The Morgan fingerprint density at radius 2 is 1.79 bits per heavy atom. The van der Waals surface area contributed by atoms with E-state index in [-0.39, 0.29) is 20.8 Å². The van der Waals surface area contributed by atoms with Crippen molar-refractivity contribution >= 4 is 39.0 Å². The van der Waals surface area contributed by atoms with Crippen LogP contribution >= 0.6 is 23.2 Å². The predicted octanol–water partition coefficient (Wildman–Crippen LogP) is 3.50. The van der Waals surface area contributed by atoms with Crippen LogP contribution in [0.4, 0.5) is 5.82 Å². The molecule has 0 aliphatic rings. The summed E-state index contributed by atoms with van der Waals surface area (Å²) in [6.45, 7) is 1.77. The molecule has 1 N–H and O–H groups in total. The van der Waals surface area contributed by atoms with Gasteiger partial charge in [0, 0.05) is 5.69 Å². The second-order valence-electron chi connectivity index (χ2n) is 3.82. The van der Waals surface area contributed by atoms with E-state index in [1.807, 2.05) is 0 Å². The summed E-state index contributed by atoms with van der Waals surface area (Å²) in [5, 5.41) is 0.172. The number of nitrogens with zero attached hydrogens (tertiary/aromatic N) is 1. The van der Waals surface area contributed by atoms with Gasteiger partial charge in [0.15, 0.2) is 0 Å². The Hall–Kier alpha value is -1.30. The smallest absolute Gasteiger partial charge is 0.263 e. The molecule has 0 aliphatic carbocycles. The molecule has 0 aliphatic heterocycles. The first kappa shape index (κ1) is 14.1. The van der Waals surface area contributed by atoms with Gasteiger partial charge in [-0.1, -0.05) is 35.3 Å². The first-order valence-electron chi connectivity index (χ1n) is 5.30. The molecule has 1 aromatic heterocycles. The highest BCUT2D eigenvalue weighted by Gasteiger charge is 2.19. The summed E-state index contributed by atoms with van der Waals surface area (Å²) in [6, 6.07) is 9.46. The maximum Gasteiger partial charge on any atom is 0.264 e. The minimum absolute atomic E-state index is 0.00989. The number of anilines is 1. The van der Waals surface area contributed by atoms with Crippen LogP contribution in [0.1, 0.15) is 5.69 Å². The molecule has 0 fully saturated rings. The summed E-state index contributed by atoms with van der Waals surface area (Å²) in [5.74, 6) is 0.232. The van der Waals surface area contributed by atoms with Gasteiger partial charge in [-0.15, -0.1) is 0 Å². The molecule has 0 saturated heterocycles. The summed E-state index contributed by atoms with van der Waals surface area (Å²) in [6.07, 6.45) is 0. The number of aromatic nitrogens is 1. The fourth-order valence-corrected chi connectivity index (χ4v) is 3.25. The SMILES string of the molecule is Cc1cccc(NS(=O)(=O)c2cccc(Cl)c2Cl)n1. The van der Waals surface area contributed by atoms with Gasteiger partial charge >= 0.3 is 0 Å². The molecule has 7 heteroatoms. The van der Waals surface area contributed by atoms with E-state index >= 15 is 0 Å². The van der Waals surface area contributed by atoms with Crippen LogP contribution in [0.25, 0.3) is 0 Å². The predicted molar refractivity (Wildman–Crippen MR) is 76.2 cm³/mol. The fourth-order valence-electron chi connectivity index (χ4n) is 1.48. The highest BCUT2D eigenvalue weighted by atomic mass is 35.5. The first-order valence-corrected chi connectivity index (χ1v) is 7.54. The van der Waals surface area contributed by atoms with Gasteiger partial charge in [-0.2, -0.15) is 0 Å². The van der Waals surface area contributed by atoms with Crippen molar-refractivity contribution in [2.75, 3.05) is 4.72 Å². The van der Waals surface area contributed by atoms with Crippen molar-refractivity contribution in [2.24, 2.45) is 0 Å². The largest absolute Gasteiger partial charge is 0.264 e. The average Bonchev–Trinajstić information content (AvgIpc) is 2.32. The first-order chi connectivity index (χ1) is 8.90. The molecule has 4 nitrogen and oxygen atoms in total. The number of nitrogens with one attached hydrogen (secondary N) is 1. The Balaban J connectivity index is 2.41. The average molecular weight is 317 g/mol. The van der Waals surface area contributed by atoms with E-state index in [4.69, 9.17) is 23.2 Å². The summed E-state index contributed by atoms with van der Waals surface area (Å²) in [7, 11) is -3.81. The van der Waals surface area contributed by atoms with Crippen LogP contribution in [0.15, 0.2) is 41.3 Å². The van der Waals surface area contributed by atoms with Crippen molar-refractivity contribution in [2.45, 2.75) is 11.8 Å². The van der Waals surface area contributed by atoms with Crippen molar-refractivity contribution in [3.63, 3.8) is 0 Å². The highest BCUT2D eigenvalue weighted by molar-refractivity contribution is 7.92. The quantitative estimate of drug-likeness (QED) is 0.942. The van der Waals surface area contributed by atoms with Gasteiger partial charge in [0.1, 0.15) is 10.7 Å². The zero-order valence-corrected chi connectivity index (χ0v) is 12.2. The number of pyridine rings is 1. The third-order valence-corrected chi connectivity index (χ3v) is 4.66. The van der Waals surface area contributed by atoms with E-state index in [1.165, 1.54) is 18.2 Å². The molecule has 0 bridgehead atoms. The van der Waals surface area contributed by atoms with Crippen molar-refractivity contribution in [3.8, 4) is 0 Å². The summed E-state index contributed by atoms with van der Waals surface area (Å²) in [5.41, 5.74) is 0.706. The van der Waals surface area contributed by atoms with Crippen molar-refractivity contribution in [1.29, 1.82) is 0 Å². The van der Waals surface area contributed by atoms with Gasteiger partial charge in [0.05, 0.1) is 10.0 Å². The Kier molecular flexibility index (Phi) is 3.99. The maximum atomic E-state index is 12.2. The van der Waals surface area contributed by atoms with Gasteiger partial charge in [-0.3, -0.25) is 4.72 Å². The number of hydrogen-bond donors (Lipinski definition) is 1. The Labute approximate surface area is 121 Å². The minimum Gasteiger partial charge on any atom is -0.263 e. The molecule has 0 amide bonds. The molecular weight excluding hydrogens is 307 g/mol. The van der Waals surface area contributed by atoms with Crippen LogP contribution in [-0.4, -0.2) is 13.4 Å². The van der Waals surface area contributed by atoms with Gasteiger partial charge in [0.2, 0.25) is 0 Å². The summed E-state index contributed by atoms with van der Waals surface area (Å²) < 4.78 is 26.7. The second-order valence-corrected chi connectivity index (χ2v) is 6.26. The van der Waals surface area contributed by atoms with Crippen molar-refractivity contribution in [1.82, 2.24) is 4.98 Å². The Bertz CT molecular complexity index is 717. The number of rotatable bonds is 3. The molecule has 1 heterocycles. The van der Waals surface area contributed by atoms with Crippen molar-refractivity contribution in [3.05, 3.63) is 52.1 Å². The molecule has 2 aromatic rings. The standard InChI is InChI=1S/C12H10Cl2N2O2S/c1-8-4-2-7-11(15-8)16-19(17,18)10-6-3-5-9(13)12(10)14/h2-7H,1H3,(H,15,16). The third kappa shape index (κ3) is 3.18. The number of aryl methyl sites for hydroxylation is 1. The molecule has 19 heavy (non-hydrogen) atoms. The Morgan fingerprint density at radius 1 is 1.11 bits per heavy atom. The van der Waals surface area contributed by atoms with Gasteiger partial charge in [0.25, 0.3) is 10.0 Å². The molecule has 0 unspecified atom stereocenters. The van der Waals surface area contributed by atoms with Crippen LogP contribution in [0.3, 0.4) is 0 Å². The molecule has 0 spiro atoms. The van der Waals surface area contributed by atoms with Gasteiger partial charge < -0.3 is 0 Å². The normalized spacial score (nSPS) is 11.3. The lowest BCUT2D eigenvalue weighted by Gasteiger charge is -2.09. The number of hydrogen-bond acceptors (Lipinski definition) is 3. The highest BCUT2D eigenvalue weighted by Crippen LogP contribution is 2.29. The molecule has 1 aromatic carbocycles. The summed E-state index contributed by atoms with van der Waals surface area (Å²) >= 11 is 11.7. The lowest BCUT2D eigenvalue weighted by molar-refractivity contribution is 0.601. The topological polar surface area (TPSA) is 59.1 Å². The zero-order chi connectivity index (χ0) is 14.0. The Morgan fingerprint density at radius 3 is 2.47 bits per heavy atom. The molecule has 0 radical (unpaired) electrons. The lowest BCUT2D eigenvalue weighted by Crippen LogP contribution is -2.14. The van der Waals surface area contributed by atoms with Crippen LogP contribution in [0.5, 0.6) is 0 Å². The second kappa shape index (κ2) is 5.36. The number of sulfonamides is 1. The van der Waals surface area contributed by atoms with Crippen LogP contribution in [0.2, 0.25) is 10.0 Å². The van der Waals surface area contributed by atoms with E-state index in [9.17, 15) is 8.42 Å². The van der Waals surface area contributed by atoms with E-state index < -0.39 is 10.0 Å². The molecule has 100 valence electrons.